The molecule has 1 heterocycles. The number of aromatic nitrogens is 1. The minimum absolute atomic E-state index is 0.149. The third-order valence-electron chi connectivity index (χ3n) is 2.41. The van der Waals surface area contributed by atoms with Gasteiger partial charge in [-0.15, -0.1) is 0 Å². The van der Waals surface area contributed by atoms with Gasteiger partial charge >= 0.3 is 0 Å². The molecular formula is C11H9N3O5S. The van der Waals surface area contributed by atoms with Gasteiger partial charge in [-0.1, -0.05) is 12.1 Å². The summed E-state index contributed by atoms with van der Waals surface area (Å²) in [6.07, 6.45) is 1.01. The molecule has 20 heavy (non-hydrogen) atoms. The first kappa shape index (κ1) is 13.7. The molecule has 0 aliphatic heterocycles. The molecule has 0 saturated heterocycles. The standard InChI is InChI=1S/C11H9N3O5S/c15-11-6-5-8(7-12-11)20(18,19)13-9-3-1-2-4-10(9)14(16)17/h1-7,13H,(H,12,15). The van der Waals surface area contributed by atoms with Crippen molar-refractivity contribution < 1.29 is 13.3 Å². The van der Waals surface area contributed by atoms with Crippen LogP contribution in [0.4, 0.5) is 11.4 Å². The van der Waals surface area contributed by atoms with E-state index < -0.39 is 20.5 Å². The molecule has 2 aromatic rings. The molecule has 0 atom stereocenters. The SMILES string of the molecule is O=c1ccc(S(=O)(=O)Nc2ccccc2[N+](=O)[O-])c[nH]1. The highest BCUT2D eigenvalue weighted by Crippen LogP contribution is 2.25. The second-order valence-electron chi connectivity index (χ2n) is 3.77. The molecule has 0 fully saturated rings. The average molecular weight is 295 g/mol. The van der Waals surface area contributed by atoms with E-state index in [0.29, 0.717) is 0 Å². The van der Waals surface area contributed by atoms with Crippen LogP contribution in [0, 0.1) is 10.1 Å². The van der Waals surface area contributed by atoms with Gasteiger partial charge in [0.1, 0.15) is 10.6 Å². The summed E-state index contributed by atoms with van der Waals surface area (Å²) >= 11 is 0. The molecule has 0 unspecified atom stereocenters. The van der Waals surface area contributed by atoms with Crippen molar-refractivity contribution in [2.75, 3.05) is 4.72 Å². The van der Waals surface area contributed by atoms with Crippen LogP contribution < -0.4 is 10.3 Å². The van der Waals surface area contributed by atoms with E-state index >= 15 is 0 Å². The molecule has 0 radical (unpaired) electrons. The number of H-pyrrole nitrogens is 1. The molecule has 0 saturated carbocycles. The van der Waals surface area contributed by atoms with E-state index in [1.165, 1.54) is 24.3 Å². The summed E-state index contributed by atoms with van der Waals surface area (Å²) in [5.74, 6) is 0. The highest BCUT2D eigenvalue weighted by molar-refractivity contribution is 7.92. The van der Waals surface area contributed by atoms with Crippen LogP contribution in [0.3, 0.4) is 0 Å². The van der Waals surface area contributed by atoms with Crippen molar-refractivity contribution in [2.24, 2.45) is 0 Å². The quantitative estimate of drug-likeness (QED) is 0.645. The lowest BCUT2D eigenvalue weighted by Crippen LogP contribution is -2.16. The molecule has 0 bridgehead atoms. The van der Waals surface area contributed by atoms with Gasteiger partial charge in [-0.05, 0) is 12.1 Å². The first-order valence-electron chi connectivity index (χ1n) is 5.35. The van der Waals surface area contributed by atoms with Crippen LogP contribution in [-0.4, -0.2) is 18.3 Å². The Morgan fingerprint density at radius 1 is 1.15 bits per heavy atom. The van der Waals surface area contributed by atoms with Crippen molar-refractivity contribution in [2.45, 2.75) is 4.90 Å². The lowest BCUT2D eigenvalue weighted by Gasteiger charge is -2.07. The molecule has 0 aliphatic rings. The number of sulfonamides is 1. The van der Waals surface area contributed by atoms with Gasteiger partial charge in [0, 0.05) is 18.3 Å². The lowest BCUT2D eigenvalue weighted by molar-refractivity contribution is -0.383. The van der Waals surface area contributed by atoms with Gasteiger partial charge in [0.25, 0.3) is 15.7 Å². The number of hydrogen-bond donors (Lipinski definition) is 2. The molecule has 2 rings (SSSR count). The summed E-state index contributed by atoms with van der Waals surface area (Å²) in [6, 6.07) is 7.52. The molecule has 2 N–H and O–H groups in total. The highest BCUT2D eigenvalue weighted by atomic mass is 32.2. The van der Waals surface area contributed by atoms with Crippen LogP contribution in [-0.2, 0) is 10.0 Å². The number of para-hydroxylation sites is 2. The van der Waals surface area contributed by atoms with E-state index in [-0.39, 0.29) is 16.3 Å². The molecular weight excluding hydrogens is 286 g/mol. The van der Waals surface area contributed by atoms with Crippen molar-refractivity contribution in [3.63, 3.8) is 0 Å². The van der Waals surface area contributed by atoms with E-state index in [9.17, 15) is 23.3 Å². The number of aromatic amines is 1. The van der Waals surface area contributed by atoms with Crippen molar-refractivity contribution >= 4 is 21.4 Å². The number of rotatable bonds is 4. The maximum atomic E-state index is 12.0. The first-order chi connectivity index (χ1) is 9.40. The zero-order valence-corrected chi connectivity index (χ0v) is 10.8. The van der Waals surface area contributed by atoms with E-state index in [2.05, 4.69) is 9.71 Å². The fourth-order valence-corrected chi connectivity index (χ4v) is 2.53. The monoisotopic (exact) mass is 295 g/mol. The fraction of sp³-hybridized carbons (Fsp3) is 0. The Balaban J connectivity index is 2.41. The summed E-state index contributed by atoms with van der Waals surface area (Å²) in [5.41, 5.74) is -0.959. The molecule has 0 aliphatic carbocycles. The average Bonchev–Trinajstić information content (AvgIpc) is 2.39. The second kappa shape index (κ2) is 5.13. The zero-order valence-electron chi connectivity index (χ0n) is 9.94. The second-order valence-corrected chi connectivity index (χ2v) is 5.45. The number of hydrogen-bond acceptors (Lipinski definition) is 5. The van der Waals surface area contributed by atoms with Crippen molar-refractivity contribution in [3.8, 4) is 0 Å². The summed E-state index contributed by atoms with van der Waals surface area (Å²) in [6.45, 7) is 0. The van der Waals surface area contributed by atoms with Gasteiger partial charge in [-0.25, -0.2) is 8.42 Å². The topological polar surface area (TPSA) is 122 Å². The van der Waals surface area contributed by atoms with Crippen LogP contribution in [0.15, 0.2) is 52.3 Å². The fourth-order valence-electron chi connectivity index (χ4n) is 1.49. The van der Waals surface area contributed by atoms with Crippen LogP contribution in [0.1, 0.15) is 0 Å². The maximum absolute atomic E-state index is 12.0. The Morgan fingerprint density at radius 2 is 1.85 bits per heavy atom. The molecule has 1 aromatic carbocycles. The number of pyridine rings is 1. The van der Waals surface area contributed by atoms with E-state index in [0.717, 1.165) is 18.3 Å². The van der Waals surface area contributed by atoms with Gasteiger partial charge in [0.2, 0.25) is 5.56 Å². The number of anilines is 1. The van der Waals surface area contributed by atoms with Gasteiger partial charge in [0.15, 0.2) is 0 Å². The molecule has 0 amide bonds. The third-order valence-corrected chi connectivity index (χ3v) is 3.77. The Labute approximate surface area is 113 Å². The molecule has 0 spiro atoms. The maximum Gasteiger partial charge on any atom is 0.293 e. The number of benzene rings is 1. The van der Waals surface area contributed by atoms with E-state index in [1.807, 2.05) is 0 Å². The number of nitro benzene ring substituents is 1. The minimum Gasteiger partial charge on any atom is -0.328 e. The smallest absolute Gasteiger partial charge is 0.293 e. The van der Waals surface area contributed by atoms with Crippen LogP contribution in [0.25, 0.3) is 0 Å². The predicted molar refractivity (Wildman–Crippen MR) is 71.0 cm³/mol. The number of nitrogens with zero attached hydrogens (tertiary/aromatic N) is 1. The zero-order chi connectivity index (χ0) is 14.8. The molecule has 9 heteroatoms. The lowest BCUT2D eigenvalue weighted by atomic mass is 10.3. The highest BCUT2D eigenvalue weighted by Gasteiger charge is 2.20. The third kappa shape index (κ3) is 2.83. The van der Waals surface area contributed by atoms with E-state index in [1.54, 1.807) is 0 Å². The van der Waals surface area contributed by atoms with Crippen LogP contribution in [0.2, 0.25) is 0 Å². The van der Waals surface area contributed by atoms with Crippen molar-refractivity contribution in [3.05, 3.63) is 63.1 Å². The number of nitrogens with one attached hydrogen (secondary N) is 2. The first-order valence-corrected chi connectivity index (χ1v) is 6.83. The Hall–Kier alpha value is -2.68. The van der Waals surface area contributed by atoms with E-state index in [4.69, 9.17) is 0 Å². The minimum atomic E-state index is -4.01. The van der Waals surface area contributed by atoms with Crippen LogP contribution >= 0.6 is 0 Å². The van der Waals surface area contributed by atoms with Gasteiger partial charge in [0.05, 0.1) is 4.92 Å². The Kier molecular flexibility index (Phi) is 3.53. The predicted octanol–water partition coefficient (Wildman–Crippen LogP) is 1.08. The Bertz CT molecular complexity index is 792. The summed E-state index contributed by atoms with van der Waals surface area (Å²) in [4.78, 5) is 23.0. The van der Waals surface area contributed by atoms with Gasteiger partial charge in [-0.2, -0.15) is 0 Å². The molecule has 1 aromatic heterocycles. The van der Waals surface area contributed by atoms with Crippen molar-refractivity contribution in [1.29, 1.82) is 0 Å². The summed E-state index contributed by atoms with van der Waals surface area (Å²) in [5, 5.41) is 10.8. The summed E-state index contributed by atoms with van der Waals surface area (Å²) in [7, 11) is -4.01. The summed E-state index contributed by atoms with van der Waals surface area (Å²) < 4.78 is 26.2. The van der Waals surface area contributed by atoms with Gasteiger partial charge in [-0.3, -0.25) is 19.6 Å². The molecule has 104 valence electrons. The largest absolute Gasteiger partial charge is 0.328 e. The normalized spacial score (nSPS) is 11.0. The number of nitro groups is 1. The van der Waals surface area contributed by atoms with Crippen molar-refractivity contribution in [1.82, 2.24) is 4.98 Å². The van der Waals surface area contributed by atoms with Gasteiger partial charge < -0.3 is 4.98 Å². The van der Waals surface area contributed by atoms with Crippen LogP contribution in [0.5, 0.6) is 0 Å². The molecule has 8 nitrogen and oxygen atoms in total. The Morgan fingerprint density at radius 3 is 2.45 bits per heavy atom.